The van der Waals surface area contributed by atoms with Crippen molar-refractivity contribution in [3.05, 3.63) is 207 Å². The first-order valence-corrected chi connectivity index (χ1v) is 18.3. The third-order valence-electron chi connectivity index (χ3n) is 10.4. The van der Waals surface area contributed by atoms with Gasteiger partial charge in [-0.05, 0) is 93.0 Å². The first kappa shape index (κ1) is 31.5. The quantitative estimate of drug-likeness (QED) is 0.167. The van der Waals surface area contributed by atoms with Crippen molar-refractivity contribution in [1.82, 2.24) is 4.98 Å². The largest absolute Gasteiger partial charge is 0.455 e. The predicted octanol–water partition coefficient (Wildman–Crippen LogP) is 14.3. The van der Waals surface area contributed by atoms with E-state index in [4.69, 9.17) is 4.42 Å². The third kappa shape index (κ3) is 5.60. The Hall–Kier alpha value is -7.23. The molecule has 2 heterocycles. The molecule has 0 saturated carbocycles. The molecule has 54 heavy (non-hydrogen) atoms. The highest BCUT2D eigenvalue weighted by Gasteiger charge is 2.21. The molecular formula is C51H34N2O. The molecule has 2 aromatic heterocycles. The molecule has 254 valence electrons. The highest BCUT2D eigenvalue weighted by molar-refractivity contribution is 6.19. The fourth-order valence-electron chi connectivity index (χ4n) is 7.74. The monoisotopic (exact) mass is 690 g/mol. The lowest BCUT2D eigenvalue weighted by atomic mass is 9.91. The number of nitrogens with zero attached hydrogens (tertiary/aromatic N) is 2. The second kappa shape index (κ2) is 13.4. The van der Waals surface area contributed by atoms with Gasteiger partial charge in [0.2, 0.25) is 0 Å². The van der Waals surface area contributed by atoms with Crippen molar-refractivity contribution < 1.29 is 4.42 Å². The molecule has 8 aromatic carbocycles. The van der Waals surface area contributed by atoms with E-state index in [9.17, 15) is 0 Å². The van der Waals surface area contributed by atoms with Crippen LogP contribution in [0.4, 0.5) is 17.1 Å². The van der Waals surface area contributed by atoms with Crippen LogP contribution in [-0.4, -0.2) is 4.98 Å². The van der Waals surface area contributed by atoms with Crippen LogP contribution in [0.25, 0.3) is 77.2 Å². The van der Waals surface area contributed by atoms with Gasteiger partial charge in [-0.25, -0.2) is 0 Å². The van der Waals surface area contributed by atoms with Crippen LogP contribution < -0.4 is 4.90 Å². The molecule has 0 aliphatic carbocycles. The van der Waals surface area contributed by atoms with Crippen molar-refractivity contribution >= 4 is 49.8 Å². The van der Waals surface area contributed by atoms with Gasteiger partial charge in [-0.15, -0.1) is 0 Å². The molecule has 0 radical (unpaired) electrons. The van der Waals surface area contributed by atoms with E-state index in [1.54, 1.807) is 0 Å². The van der Waals surface area contributed by atoms with E-state index in [0.717, 1.165) is 60.9 Å². The number of hydrogen-bond donors (Lipinski definition) is 0. The number of para-hydroxylation sites is 1. The van der Waals surface area contributed by atoms with E-state index < -0.39 is 0 Å². The van der Waals surface area contributed by atoms with Crippen molar-refractivity contribution in [2.75, 3.05) is 4.90 Å². The van der Waals surface area contributed by atoms with Gasteiger partial charge in [0.15, 0.2) is 0 Å². The Labute approximate surface area is 314 Å². The van der Waals surface area contributed by atoms with Gasteiger partial charge in [-0.1, -0.05) is 146 Å². The number of fused-ring (bicyclic) bond motifs is 5. The van der Waals surface area contributed by atoms with Gasteiger partial charge < -0.3 is 9.32 Å². The number of furan rings is 1. The van der Waals surface area contributed by atoms with E-state index in [0.29, 0.717) is 0 Å². The molecule has 0 bridgehead atoms. The molecule has 3 nitrogen and oxygen atoms in total. The van der Waals surface area contributed by atoms with Crippen molar-refractivity contribution in [3.63, 3.8) is 0 Å². The summed E-state index contributed by atoms with van der Waals surface area (Å²) < 4.78 is 6.49. The predicted molar refractivity (Wildman–Crippen MR) is 225 cm³/mol. The van der Waals surface area contributed by atoms with Gasteiger partial charge in [0.1, 0.15) is 11.2 Å². The highest BCUT2D eigenvalue weighted by atomic mass is 16.3. The van der Waals surface area contributed by atoms with Crippen molar-refractivity contribution in [3.8, 4) is 44.5 Å². The molecule has 0 unspecified atom stereocenters. The van der Waals surface area contributed by atoms with Crippen LogP contribution in [0, 0.1) is 0 Å². The summed E-state index contributed by atoms with van der Waals surface area (Å²) in [5.74, 6) is 0. The maximum atomic E-state index is 6.49. The van der Waals surface area contributed by atoms with Crippen LogP contribution in [-0.2, 0) is 0 Å². The molecule has 0 N–H and O–H groups in total. The minimum Gasteiger partial charge on any atom is -0.455 e. The molecule has 0 aliphatic rings. The third-order valence-corrected chi connectivity index (χ3v) is 10.4. The topological polar surface area (TPSA) is 29.3 Å². The van der Waals surface area contributed by atoms with Crippen LogP contribution in [0.5, 0.6) is 0 Å². The van der Waals surface area contributed by atoms with Crippen LogP contribution in [0.2, 0.25) is 0 Å². The summed E-state index contributed by atoms with van der Waals surface area (Å²) in [6.07, 6.45) is 3.81. The van der Waals surface area contributed by atoms with Gasteiger partial charge in [0, 0.05) is 45.3 Å². The summed E-state index contributed by atoms with van der Waals surface area (Å²) >= 11 is 0. The van der Waals surface area contributed by atoms with E-state index >= 15 is 0 Å². The highest BCUT2D eigenvalue weighted by Crippen LogP contribution is 2.45. The maximum Gasteiger partial charge on any atom is 0.143 e. The standard InChI is InChI=1S/C51H34N2O/c1-4-13-35(14-5-1)39-19-12-20-42(31-39)53(49-33-47-44-21-10-11-22-50(44)54-51(47)45-29-30-52-34-48(45)49)41-26-23-38(24-27-41)43-28-25-40(36-15-6-2-7-16-36)32-46(43)37-17-8-3-9-18-37/h1-34H. The van der Waals surface area contributed by atoms with Crippen LogP contribution in [0.3, 0.4) is 0 Å². The van der Waals surface area contributed by atoms with Crippen molar-refractivity contribution in [2.24, 2.45) is 0 Å². The molecule has 3 heteroatoms. The molecule has 0 spiro atoms. The lowest BCUT2D eigenvalue weighted by Crippen LogP contribution is -2.11. The van der Waals surface area contributed by atoms with Crippen LogP contribution in [0.15, 0.2) is 211 Å². The number of aromatic nitrogens is 1. The number of anilines is 3. The molecule has 0 fully saturated rings. The van der Waals surface area contributed by atoms with Gasteiger partial charge >= 0.3 is 0 Å². The number of benzene rings is 8. The van der Waals surface area contributed by atoms with E-state index in [1.807, 2.05) is 24.5 Å². The first-order chi connectivity index (χ1) is 26.8. The number of pyridine rings is 1. The summed E-state index contributed by atoms with van der Waals surface area (Å²) in [5.41, 5.74) is 14.3. The molecule has 10 aromatic rings. The fraction of sp³-hybridized carbons (Fsp3) is 0. The van der Waals surface area contributed by atoms with Gasteiger partial charge in [-0.3, -0.25) is 4.98 Å². The Morgan fingerprint density at radius 2 is 0.981 bits per heavy atom. The maximum absolute atomic E-state index is 6.49. The van der Waals surface area contributed by atoms with Crippen molar-refractivity contribution in [1.29, 1.82) is 0 Å². The minimum atomic E-state index is 0.872. The van der Waals surface area contributed by atoms with Gasteiger partial charge in [0.05, 0.1) is 5.69 Å². The van der Waals surface area contributed by atoms with Gasteiger partial charge in [0.25, 0.3) is 0 Å². The number of rotatable bonds is 7. The lowest BCUT2D eigenvalue weighted by Gasteiger charge is -2.27. The molecule has 0 atom stereocenters. The Morgan fingerprint density at radius 1 is 0.370 bits per heavy atom. The zero-order valence-electron chi connectivity index (χ0n) is 29.4. The fourth-order valence-corrected chi connectivity index (χ4v) is 7.74. The Morgan fingerprint density at radius 3 is 1.72 bits per heavy atom. The lowest BCUT2D eigenvalue weighted by molar-refractivity contribution is 0.672. The van der Waals surface area contributed by atoms with Crippen LogP contribution >= 0.6 is 0 Å². The zero-order valence-corrected chi connectivity index (χ0v) is 29.4. The molecular weight excluding hydrogens is 657 g/mol. The Bertz CT molecular complexity index is 2920. The Balaban J connectivity index is 1.16. The summed E-state index contributed by atoms with van der Waals surface area (Å²) in [6, 6.07) is 69.0. The number of hydrogen-bond acceptors (Lipinski definition) is 3. The minimum absolute atomic E-state index is 0.872. The summed E-state index contributed by atoms with van der Waals surface area (Å²) in [6.45, 7) is 0. The summed E-state index contributed by atoms with van der Waals surface area (Å²) in [5, 5.41) is 4.21. The average molecular weight is 691 g/mol. The van der Waals surface area contributed by atoms with E-state index in [2.05, 4.69) is 192 Å². The van der Waals surface area contributed by atoms with Crippen molar-refractivity contribution in [2.45, 2.75) is 0 Å². The smallest absolute Gasteiger partial charge is 0.143 e. The molecule has 10 rings (SSSR count). The van der Waals surface area contributed by atoms with E-state index in [1.165, 1.54) is 33.4 Å². The normalized spacial score (nSPS) is 11.3. The molecule has 0 amide bonds. The second-order valence-corrected chi connectivity index (χ2v) is 13.6. The second-order valence-electron chi connectivity index (χ2n) is 13.6. The SMILES string of the molecule is c1ccc(-c2cccc(N(c3ccc(-c4ccc(-c5ccccc5)cc4-c4ccccc4)cc3)c3cc4c5ccccc5oc4c4ccncc34)c2)cc1. The zero-order chi connectivity index (χ0) is 35.8. The average Bonchev–Trinajstić information content (AvgIpc) is 3.64. The van der Waals surface area contributed by atoms with Gasteiger partial charge in [-0.2, -0.15) is 0 Å². The molecule has 0 aliphatic heterocycles. The first-order valence-electron chi connectivity index (χ1n) is 18.3. The van der Waals surface area contributed by atoms with E-state index in [-0.39, 0.29) is 0 Å². The molecule has 0 saturated heterocycles. The van der Waals surface area contributed by atoms with Crippen LogP contribution in [0.1, 0.15) is 0 Å². The Kier molecular flexibility index (Phi) is 7.81. The summed E-state index contributed by atoms with van der Waals surface area (Å²) in [4.78, 5) is 6.98. The summed E-state index contributed by atoms with van der Waals surface area (Å²) in [7, 11) is 0.